The van der Waals surface area contributed by atoms with Crippen LogP contribution in [0.5, 0.6) is 0 Å². The molecule has 0 N–H and O–H groups in total. The van der Waals surface area contributed by atoms with E-state index in [4.69, 9.17) is 46.4 Å². The highest BCUT2D eigenvalue weighted by molar-refractivity contribution is 6.35. The van der Waals surface area contributed by atoms with Gasteiger partial charge < -0.3 is 0 Å². The van der Waals surface area contributed by atoms with E-state index in [-0.39, 0.29) is 0 Å². The van der Waals surface area contributed by atoms with Crippen LogP contribution in [0.3, 0.4) is 0 Å². The Morgan fingerprint density at radius 2 is 1.44 bits per heavy atom. The first-order valence-corrected chi connectivity index (χ1v) is 6.87. The summed E-state index contributed by atoms with van der Waals surface area (Å²) in [6.07, 6.45) is 0.683. The number of halogens is 4. The van der Waals surface area contributed by atoms with Crippen molar-refractivity contribution in [1.82, 2.24) is 0 Å². The molecule has 0 atom stereocenters. The van der Waals surface area contributed by atoms with Crippen LogP contribution in [0.25, 0.3) is 0 Å². The average Bonchev–Trinajstić information content (AvgIpc) is 2.29. The van der Waals surface area contributed by atoms with Crippen molar-refractivity contribution in [3.8, 4) is 0 Å². The SMILES string of the molecule is Cc1c(Cl)cc(Cl)cc1Cc1ccc(Cl)cc1Cl. The largest absolute Gasteiger partial charge is 0.0843 e. The minimum atomic E-state index is 0.629. The molecule has 4 heteroatoms. The maximum atomic E-state index is 6.16. The van der Waals surface area contributed by atoms with Gasteiger partial charge in [0.25, 0.3) is 0 Å². The summed E-state index contributed by atoms with van der Waals surface area (Å²) < 4.78 is 0. The van der Waals surface area contributed by atoms with Crippen LogP contribution in [0.1, 0.15) is 16.7 Å². The third kappa shape index (κ3) is 3.13. The summed E-state index contributed by atoms with van der Waals surface area (Å²) in [5.41, 5.74) is 3.09. The van der Waals surface area contributed by atoms with Gasteiger partial charge in [0.15, 0.2) is 0 Å². The van der Waals surface area contributed by atoms with Crippen molar-refractivity contribution in [2.75, 3.05) is 0 Å². The molecule has 2 aromatic rings. The van der Waals surface area contributed by atoms with Gasteiger partial charge in [-0.25, -0.2) is 0 Å². The van der Waals surface area contributed by atoms with E-state index in [2.05, 4.69) is 0 Å². The molecule has 18 heavy (non-hydrogen) atoms. The quantitative estimate of drug-likeness (QED) is 0.618. The predicted octanol–water partition coefficient (Wildman–Crippen LogP) is 6.20. The van der Waals surface area contributed by atoms with E-state index in [0.29, 0.717) is 26.5 Å². The third-order valence-electron chi connectivity index (χ3n) is 2.81. The van der Waals surface area contributed by atoms with Crippen LogP contribution in [0, 0.1) is 6.92 Å². The van der Waals surface area contributed by atoms with E-state index in [1.54, 1.807) is 12.1 Å². The van der Waals surface area contributed by atoms with E-state index in [0.717, 1.165) is 16.7 Å². The van der Waals surface area contributed by atoms with Crippen molar-refractivity contribution in [3.05, 3.63) is 67.1 Å². The molecule has 0 nitrogen and oxygen atoms in total. The van der Waals surface area contributed by atoms with E-state index in [1.807, 2.05) is 25.1 Å². The van der Waals surface area contributed by atoms with Gasteiger partial charge in [-0.3, -0.25) is 0 Å². The number of hydrogen-bond donors (Lipinski definition) is 0. The van der Waals surface area contributed by atoms with E-state index in [9.17, 15) is 0 Å². The van der Waals surface area contributed by atoms with Crippen molar-refractivity contribution in [2.24, 2.45) is 0 Å². The lowest BCUT2D eigenvalue weighted by atomic mass is 10.0. The van der Waals surface area contributed by atoms with Crippen molar-refractivity contribution in [1.29, 1.82) is 0 Å². The number of benzene rings is 2. The molecule has 2 rings (SSSR count). The normalized spacial score (nSPS) is 10.7. The maximum Gasteiger partial charge on any atom is 0.0456 e. The van der Waals surface area contributed by atoms with E-state index in [1.165, 1.54) is 0 Å². The van der Waals surface area contributed by atoms with Crippen LogP contribution < -0.4 is 0 Å². The molecule has 0 aromatic heterocycles. The number of hydrogen-bond acceptors (Lipinski definition) is 0. The Bertz CT molecular complexity index is 591. The first kappa shape index (κ1) is 14.0. The summed E-state index contributed by atoms with van der Waals surface area (Å²) in [6, 6.07) is 9.13. The predicted molar refractivity (Wildman–Crippen MR) is 80.5 cm³/mol. The second-order valence-electron chi connectivity index (χ2n) is 4.08. The minimum Gasteiger partial charge on any atom is -0.0843 e. The smallest absolute Gasteiger partial charge is 0.0456 e. The third-order valence-corrected chi connectivity index (χ3v) is 4.01. The van der Waals surface area contributed by atoms with E-state index < -0.39 is 0 Å². The van der Waals surface area contributed by atoms with Crippen molar-refractivity contribution < 1.29 is 0 Å². The van der Waals surface area contributed by atoms with Crippen molar-refractivity contribution >= 4 is 46.4 Å². The lowest BCUT2D eigenvalue weighted by Crippen LogP contribution is -1.94. The molecule has 0 saturated carbocycles. The van der Waals surface area contributed by atoms with Crippen molar-refractivity contribution in [3.63, 3.8) is 0 Å². The van der Waals surface area contributed by atoms with Gasteiger partial charge in [-0.05, 0) is 54.3 Å². The first-order chi connectivity index (χ1) is 8.47. The summed E-state index contributed by atoms with van der Waals surface area (Å²) in [7, 11) is 0. The Hall–Kier alpha value is -0.400. The molecule has 0 unspecified atom stereocenters. The van der Waals surface area contributed by atoms with Gasteiger partial charge in [-0.2, -0.15) is 0 Å². The molecule has 0 spiro atoms. The summed E-state index contributed by atoms with van der Waals surface area (Å²) in [5.74, 6) is 0. The fourth-order valence-corrected chi connectivity index (χ4v) is 2.76. The van der Waals surface area contributed by atoms with Gasteiger partial charge in [0.05, 0.1) is 0 Å². The Kier molecular flexibility index (Phi) is 4.45. The van der Waals surface area contributed by atoms with Gasteiger partial charge in [-0.15, -0.1) is 0 Å². The Balaban J connectivity index is 2.40. The highest BCUT2D eigenvalue weighted by Crippen LogP contribution is 2.29. The second-order valence-corrected chi connectivity index (χ2v) is 5.77. The zero-order valence-electron chi connectivity index (χ0n) is 9.61. The molecule has 2 aromatic carbocycles. The van der Waals surface area contributed by atoms with E-state index >= 15 is 0 Å². The molecule has 0 aliphatic rings. The van der Waals surface area contributed by atoms with Gasteiger partial charge >= 0.3 is 0 Å². The van der Waals surface area contributed by atoms with Crippen LogP contribution in [-0.2, 0) is 6.42 Å². The highest BCUT2D eigenvalue weighted by Gasteiger charge is 2.08. The lowest BCUT2D eigenvalue weighted by Gasteiger charge is -2.10. The minimum absolute atomic E-state index is 0.629. The first-order valence-electron chi connectivity index (χ1n) is 5.36. The van der Waals surface area contributed by atoms with Gasteiger partial charge in [0.1, 0.15) is 0 Å². The fourth-order valence-electron chi connectivity index (χ4n) is 1.75. The Morgan fingerprint density at radius 1 is 0.778 bits per heavy atom. The molecular formula is C14H10Cl4. The zero-order chi connectivity index (χ0) is 13.3. The summed E-state index contributed by atoms with van der Waals surface area (Å²) in [6.45, 7) is 1.97. The summed E-state index contributed by atoms with van der Waals surface area (Å²) >= 11 is 24.2. The van der Waals surface area contributed by atoms with Gasteiger partial charge in [-0.1, -0.05) is 52.5 Å². The summed E-state index contributed by atoms with van der Waals surface area (Å²) in [4.78, 5) is 0. The van der Waals surface area contributed by atoms with Crippen LogP contribution in [-0.4, -0.2) is 0 Å². The molecule has 94 valence electrons. The molecule has 0 saturated heterocycles. The lowest BCUT2D eigenvalue weighted by molar-refractivity contribution is 1.16. The fraction of sp³-hybridized carbons (Fsp3) is 0.143. The maximum absolute atomic E-state index is 6.16. The van der Waals surface area contributed by atoms with Crippen molar-refractivity contribution in [2.45, 2.75) is 13.3 Å². The van der Waals surface area contributed by atoms with Gasteiger partial charge in [0, 0.05) is 20.1 Å². The molecule has 0 aliphatic carbocycles. The summed E-state index contributed by atoms with van der Waals surface area (Å²) in [5, 5.41) is 2.58. The molecule has 0 amide bonds. The Morgan fingerprint density at radius 3 is 2.11 bits per heavy atom. The highest BCUT2D eigenvalue weighted by atomic mass is 35.5. The molecular weight excluding hydrogens is 310 g/mol. The Labute approximate surface area is 126 Å². The monoisotopic (exact) mass is 318 g/mol. The average molecular weight is 320 g/mol. The topological polar surface area (TPSA) is 0 Å². The van der Waals surface area contributed by atoms with Crippen LogP contribution in [0.15, 0.2) is 30.3 Å². The molecule has 0 radical (unpaired) electrons. The van der Waals surface area contributed by atoms with Crippen LogP contribution in [0.4, 0.5) is 0 Å². The molecule has 0 fully saturated rings. The zero-order valence-corrected chi connectivity index (χ0v) is 12.6. The molecule has 0 aliphatic heterocycles. The van der Waals surface area contributed by atoms with Crippen LogP contribution >= 0.6 is 46.4 Å². The van der Waals surface area contributed by atoms with Gasteiger partial charge in [0.2, 0.25) is 0 Å². The number of rotatable bonds is 2. The standard InChI is InChI=1S/C14H10Cl4/c1-8-10(5-12(16)7-13(8)17)4-9-2-3-11(15)6-14(9)18/h2-3,5-7H,4H2,1H3. The molecule has 0 bridgehead atoms. The second kappa shape index (κ2) is 5.71. The molecule has 0 heterocycles. The van der Waals surface area contributed by atoms with Crippen LogP contribution in [0.2, 0.25) is 20.1 Å².